The summed E-state index contributed by atoms with van der Waals surface area (Å²) in [6.45, 7) is 0.104. The number of non-ortho nitro benzene ring substituents is 1. The molecule has 170 valence electrons. The van der Waals surface area contributed by atoms with Crippen molar-refractivity contribution in [3.63, 3.8) is 0 Å². The van der Waals surface area contributed by atoms with E-state index in [0.717, 1.165) is 10.8 Å². The number of imidazole rings is 1. The standard InChI is InChI=1S/C27H17FN4O3/c28-20-9-10-24-25(14-20)31-27(30-24)19(15-29)13-23-22-7-2-1-5-18(22)8-11-26(23)35-16-17-4-3-6-21(12-17)32(33)34/h1-14H,16H2,(H,30,31)/b19-13-. The predicted octanol–water partition coefficient (Wildman–Crippen LogP) is 6.41. The quantitative estimate of drug-likeness (QED) is 0.178. The van der Waals surface area contributed by atoms with Gasteiger partial charge in [-0.05, 0) is 46.7 Å². The molecule has 0 aliphatic heterocycles. The number of hydrogen-bond acceptors (Lipinski definition) is 5. The van der Waals surface area contributed by atoms with Crippen LogP contribution in [0.25, 0.3) is 33.5 Å². The van der Waals surface area contributed by atoms with Crippen LogP contribution < -0.4 is 4.74 Å². The smallest absolute Gasteiger partial charge is 0.269 e. The largest absolute Gasteiger partial charge is 0.488 e. The minimum absolute atomic E-state index is 0.0159. The summed E-state index contributed by atoms with van der Waals surface area (Å²) in [5.74, 6) is 0.414. The van der Waals surface area contributed by atoms with Crippen LogP contribution in [0.1, 0.15) is 17.0 Å². The molecular formula is C27H17FN4O3. The molecule has 7 nitrogen and oxygen atoms in total. The van der Waals surface area contributed by atoms with Gasteiger partial charge in [-0.2, -0.15) is 5.26 Å². The molecule has 0 radical (unpaired) electrons. The third-order valence-corrected chi connectivity index (χ3v) is 5.55. The zero-order chi connectivity index (χ0) is 24.4. The van der Waals surface area contributed by atoms with Crippen molar-refractivity contribution in [2.75, 3.05) is 0 Å². The van der Waals surface area contributed by atoms with Gasteiger partial charge >= 0.3 is 0 Å². The molecule has 5 rings (SSSR count). The number of nitrogens with one attached hydrogen (secondary N) is 1. The van der Waals surface area contributed by atoms with E-state index in [0.29, 0.717) is 33.7 Å². The highest BCUT2D eigenvalue weighted by Gasteiger charge is 2.14. The average molecular weight is 464 g/mol. The van der Waals surface area contributed by atoms with E-state index in [-0.39, 0.29) is 17.9 Å². The van der Waals surface area contributed by atoms with Crippen LogP contribution >= 0.6 is 0 Å². The molecule has 0 saturated carbocycles. The molecule has 35 heavy (non-hydrogen) atoms. The zero-order valence-corrected chi connectivity index (χ0v) is 18.2. The van der Waals surface area contributed by atoms with Crippen molar-refractivity contribution in [3.8, 4) is 11.8 Å². The van der Waals surface area contributed by atoms with E-state index in [9.17, 15) is 19.8 Å². The number of nitro groups is 1. The fourth-order valence-corrected chi connectivity index (χ4v) is 3.88. The van der Waals surface area contributed by atoms with Crippen molar-refractivity contribution < 1.29 is 14.1 Å². The topological polar surface area (TPSA) is 105 Å². The van der Waals surface area contributed by atoms with Gasteiger partial charge in [0.15, 0.2) is 0 Å². The van der Waals surface area contributed by atoms with Crippen molar-refractivity contribution in [1.82, 2.24) is 9.97 Å². The highest BCUT2D eigenvalue weighted by molar-refractivity contribution is 6.00. The number of halogens is 1. The van der Waals surface area contributed by atoms with Crippen LogP contribution in [-0.4, -0.2) is 14.9 Å². The predicted molar refractivity (Wildman–Crippen MR) is 131 cm³/mol. The maximum absolute atomic E-state index is 13.6. The molecule has 0 unspecified atom stereocenters. The second kappa shape index (κ2) is 9.08. The Morgan fingerprint density at radius 2 is 1.97 bits per heavy atom. The molecular weight excluding hydrogens is 447 g/mol. The van der Waals surface area contributed by atoms with E-state index in [1.165, 1.54) is 24.3 Å². The number of ether oxygens (including phenoxy) is 1. The molecule has 5 aromatic rings. The molecule has 1 aromatic heterocycles. The fourth-order valence-electron chi connectivity index (χ4n) is 3.88. The molecule has 4 aromatic carbocycles. The molecule has 1 N–H and O–H groups in total. The maximum Gasteiger partial charge on any atom is 0.269 e. The average Bonchev–Trinajstić information content (AvgIpc) is 3.29. The van der Waals surface area contributed by atoms with Crippen LogP contribution in [-0.2, 0) is 6.61 Å². The van der Waals surface area contributed by atoms with Crippen LogP contribution in [0.3, 0.4) is 0 Å². The molecule has 8 heteroatoms. The number of rotatable bonds is 6. The first-order chi connectivity index (χ1) is 17.0. The minimum Gasteiger partial charge on any atom is -0.488 e. The molecule has 0 aliphatic rings. The summed E-state index contributed by atoms with van der Waals surface area (Å²) in [5, 5.41) is 22.8. The van der Waals surface area contributed by atoms with Gasteiger partial charge in [-0.1, -0.05) is 42.5 Å². The van der Waals surface area contributed by atoms with Gasteiger partial charge in [0, 0.05) is 17.7 Å². The van der Waals surface area contributed by atoms with Crippen LogP contribution in [0.4, 0.5) is 10.1 Å². The number of aromatic amines is 1. The summed E-state index contributed by atoms with van der Waals surface area (Å²) in [6, 6.07) is 24.0. The molecule has 1 heterocycles. The second-order valence-electron chi connectivity index (χ2n) is 7.83. The Morgan fingerprint density at radius 3 is 2.80 bits per heavy atom. The minimum atomic E-state index is -0.452. The Hall–Kier alpha value is -5.03. The van der Waals surface area contributed by atoms with Gasteiger partial charge in [0.2, 0.25) is 0 Å². The number of nitro benzene ring substituents is 1. The molecule has 0 aliphatic carbocycles. The van der Waals surface area contributed by atoms with E-state index in [2.05, 4.69) is 16.0 Å². The van der Waals surface area contributed by atoms with Gasteiger partial charge in [0.05, 0.1) is 21.5 Å². The number of fused-ring (bicyclic) bond motifs is 2. The lowest BCUT2D eigenvalue weighted by atomic mass is 10.0. The number of H-pyrrole nitrogens is 1. The molecule has 0 fully saturated rings. The number of hydrogen-bond donors (Lipinski definition) is 1. The van der Waals surface area contributed by atoms with Crippen molar-refractivity contribution >= 4 is 39.1 Å². The molecule has 0 amide bonds. The number of benzene rings is 4. The first kappa shape index (κ1) is 21.8. The zero-order valence-electron chi connectivity index (χ0n) is 18.2. The lowest BCUT2D eigenvalue weighted by Gasteiger charge is -2.12. The normalized spacial score (nSPS) is 11.5. The first-order valence-corrected chi connectivity index (χ1v) is 10.7. The van der Waals surface area contributed by atoms with Gasteiger partial charge in [-0.3, -0.25) is 10.1 Å². The van der Waals surface area contributed by atoms with Gasteiger partial charge in [0.25, 0.3) is 5.69 Å². The molecule has 0 spiro atoms. The Balaban J connectivity index is 1.57. The summed E-state index contributed by atoms with van der Waals surface area (Å²) in [7, 11) is 0. The highest BCUT2D eigenvalue weighted by Crippen LogP contribution is 2.32. The summed E-state index contributed by atoms with van der Waals surface area (Å²) < 4.78 is 19.7. The van der Waals surface area contributed by atoms with Crippen molar-refractivity contribution in [2.45, 2.75) is 6.61 Å². The van der Waals surface area contributed by atoms with E-state index in [1.54, 1.807) is 30.3 Å². The molecule has 0 saturated heterocycles. The number of allylic oxidation sites excluding steroid dienone is 1. The third-order valence-electron chi connectivity index (χ3n) is 5.55. The first-order valence-electron chi connectivity index (χ1n) is 10.7. The Labute approximate surface area is 198 Å². The van der Waals surface area contributed by atoms with E-state index < -0.39 is 10.7 Å². The van der Waals surface area contributed by atoms with Crippen molar-refractivity contribution in [2.24, 2.45) is 0 Å². The van der Waals surface area contributed by atoms with Crippen LogP contribution in [0.2, 0.25) is 0 Å². The number of aromatic nitrogens is 2. The SMILES string of the molecule is N#C/C(=C/c1c(OCc2cccc([N+](=O)[O-])c2)ccc2ccccc12)c1nc2ccc(F)cc2[nH]1. The van der Waals surface area contributed by atoms with E-state index in [1.807, 2.05) is 30.3 Å². The van der Waals surface area contributed by atoms with Crippen LogP contribution in [0.15, 0.2) is 78.9 Å². The number of nitriles is 1. The second-order valence-corrected chi connectivity index (χ2v) is 7.83. The van der Waals surface area contributed by atoms with Crippen LogP contribution in [0.5, 0.6) is 5.75 Å². The van der Waals surface area contributed by atoms with Crippen molar-refractivity contribution in [3.05, 3.63) is 112 Å². The lowest BCUT2D eigenvalue weighted by Crippen LogP contribution is -1.99. The molecule has 0 bridgehead atoms. The van der Waals surface area contributed by atoms with Gasteiger partial charge in [-0.25, -0.2) is 9.37 Å². The van der Waals surface area contributed by atoms with Gasteiger partial charge in [-0.15, -0.1) is 0 Å². The monoisotopic (exact) mass is 464 g/mol. The Bertz CT molecular complexity index is 1670. The third kappa shape index (κ3) is 4.43. The fraction of sp³-hybridized carbons (Fsp3) is 0.0370. The molecule has 0 atom stereocenters. The Kier molecular flexibility index (Phi) is 5.65. The maximum atomic E-state index is 13.6. The number of nitrogens with zero attached hydrogens (tertiary/aromatic N) is 3. The highest BCUT2D eigenvalue weighted by atomic mass is 19.1. The van der Waals surface area contributed by atoms with Gasteiger partial charge < -0.3 is 9.72 Å². The summed E-state index contributed by atoms with van der Waals surface area (Å²) in [5.41, 5.74) is 2.57. The Morgan fingerprint density at radius 1 is 1.11 bits per heavy atom. The van der Waals surface area contributed by atoms with E-state index >= 15 is 0 Å². The van der Waals surface area contributed by atoms with Crippen molar-refractivity contribution in [1.29, 1.82) is 5.26 Å². The summed E-state index contributed by atoms with van der Waals surface area (Å²) in [6.07, 6.45) is 1.68. The van der Waals surface area contributed by atoms with E-state index in [4.69, 9.17) is 4.74 Å². The van der Waals surface area contributed by atoms with Crippen LogP contribution in [0, 0.1) is 27.3 Å². The summed E-state index contributed by atoms with van der Waals surface area (Å²) >= 11 is 0. The summed E-state index contributed by atoms with van der Waals surface area (Å²) in [4.78, 5) is 18.1. The lowest BCUT2D eigenvalue weighted by molar-refractivity contribution is -0.384. The van der Waals surface area contributed by atoms with Gasteiger partial charge in [0.1, 0.15) is 30.1 Å².